The van der Waals surface area contributed by atoms with Crippen LogP contribution in [0, 0.1) is 10.8 Å². The Balaban J connectivity index is 1.78. The lowest BCUT2D eigenvalue weighted by Gasteiger charge is -2.56. The Bertz CT molecular complexity index is 1100. The average molecular weight is 477 g/mol. The molecular formula is C23H28N2O5S2. The zero-order valence-corrected chi connectivity index (χ0v) is 19.9. The molecule has 0 N–H and O–H groups in total. The topological polar surface area (TPSA) is 91.8 Å². The number of nitrogens with zero attached hydrogens (tertiary/aromatic N) is 2. The highest BCUT2D eigenvalue weighted by molar-refractivity contribution is 7.89. The van der Waals surface area contributed by atoms with Crippen LogP contribution in [0.4, 0.5) is 0 Å². The number of rotatable bonds is 6. The summed E-state index contributed by atoms with van der Waals surface area (Å²) in [6.45, 7) is 3.56. The van der Waals surface area contributed by atoms with Gasteiger partial charge in [-0.25, -0.2) is 16.8 Å². The summed E-state index contributed by atoms with van der Waals surface area (Å²) < 4.78 is 56.5. The van der Waals surface area contributed by atoms with Crippen molar-refractivity contribution in [3.8, 4) is 0 Å². The van der Waals surface area contributed by atoms with Gasteiger partial charge in [-0.15, -0.1) is 0 Å². The first kappa shape index (κ1) is 23.1. The van der Waals surface area contributed by atoms with Crippen LogP contribution in [-0.2, 0) is 24.8 Å². The Labute approximate surface area is 190 Å². The zero-order chi connectivity index (χ0) is 23.2. The predicted molar refractivity (Wildman–Crippen MR) is 121 cm³/mol. The summed E-state index contributed by atoms with van der Waals surface area (Å²) >= 11 is 0. The van der Waals surface area contributed by atoms with Gasteiger partial charge in [-0.1, -0.05) is 50.2 Å². The van der Waals surface area contributed by atoms with Crippen LogP contribution in [0.3, 0.4) is 0 Å². The van der Waals surface area contributed by atoms with Gasteiger partial charge in [0.25, 0.3) is 0 Å². The zero-order valence-electron chi connectivity index (χ0n) is 18.3. The third-order valence-electron chi connectivity index (χ3n) is 6.99. The molecule has 32 heavy (non-hydrogen) atoms. The number of fused-ring (bicyclic) bond motifs is 2. The molecule has 0 radical (unpaired) electrons. The van der Waals surface area contributed by atoms with Crippen LogP contribution in [0.15, 0.2) is 70.5 Å². The summed E-state index contributed by atoms with van der Waals surface area (Å²) in [6.07, 6.45) is 0.713. The molecule has 7 nitrogen and oxygen atoms in total. The summed E-state index contributed by atoms with van der Waals surface area (Å²) in [4.78, 5) is 14.0. The van der Waals surface area contributed by atoms with E-state index >= 15 is 0 Å². The molecule has 172 valence electrons. The summed E-state index contributed by atoms with van der Waals surface area (Å²) in [5.41, 5.74) is -2.17. The van der Waals surface area contributed by atoms with E-state index in [-0.39, 0.29) is 41.8 Å². The number of piperidine rings is 2. The van der Waals surface area contributed by atoms with E-state index in [1.807, 2.05) is 13.8 Å². The van der Waals surface area contributed by atoms with Crippen molar-refractivity contribution in [1.29, 1.82) is 0 Å². The highest BCUT2D eigenvalue weighted by Gasteiger charge is 2.61. The smallest absolute Gasteiger partial charge is 0.243 e. The molecule has 2 aromatic rings. The second-order valence-corrected chi connectivity index (χ2v) is 12.6. The molecule has 2 aliphatic heterocycles. The third-order valence-corrected chi connectivity index (χ3v) is 10.6. The van der Waals surface area contributed by atoms with Crippen molar-refractivity contribution in [3.63, 3.8) is 0 Å². The predicted octanol–water partition coefficient (Wildman–Crippen LogP) is 2.76. The molecule has 0 unspecified atom stereocenters. The van der Waals surface area contributed by atoms with Gasteiger partial charge in [-0.2, -0.15) is 8.61 Å². The number of carbonyl (C=O) groups excluding carboxylic acids is 1. The van der Waals surface area contributed by atoms with Gasteiger partial charge in [0.1, 0.15) is 5.78 Å². The fourth-order valence-corrected chi connectivity index (χ4v) is 8.27. The molecule has 9 heteroatoms. The number of benzene rings is 2. The van der Waals surface area contributed by atoms with E-state index in [4.69, 9.17) is 0 Å². The minimum atomic E-state index is -3.82. The van der Waals surface area contributed by atoms with Crippen molar-refractivity contribution in [3.05, 3.63) is 60.7 Å². The maximum absolute atomic E-state index is 13.7. The molecule has 4 rings (SSSR count). The molecule has 2 bridgehead atoms. The molecule has 0 aromatic heterocycles. The third kappa shape index (κ3) is 3.51. The summed E-state index contributed by atoms with van der Waals surface area (Å²) in [6, 6.07) is 16.4. The van der Waals surface area contributed by atoms with Crippen molar-refractivity contribution in [2.75, 3.05) is 26.2 Å². The van der Waals surface area contributed by atoms with Crippen molar-refractivity contribution in [1.82, 2.24) is 8.61 Å². The number of hydrogen-bond acceptors (Lipinski definition) is 5. The van der Waals surface area contributed by atoms with E-state index < -0.39 is 30.9 Å². The van der Waals surface area contributed by atoms with Crippen LogP contribution in [0.25, 0.3) is 0 Å². The maximum Gasteiger partial charge on any atom is 0.243 e. The quantitative estimate of drug-likeness (QED) is 0.639. The molecule has 2 aliphatic rings. The molecule has 2 heterocycles. The maximum atomic E-state index is 13.7. The standard InChI is InChI=1S/C23H28N2O5S2/c1-3-22-15-24(31(27,28)19-11-7-5-8-12-19)17-23(4-2,21(22)26)18-25(16-22)32(29,30)20-13-9-6-10-14-20/h5-14H,3-4,15-18H2,1-2H3. The number of sulfonamides is 2. The second-order valence-electron chi connectivity index (χ2n) is 8.77. The van der Waals surface area contributed by atoms with Crippen LogP contribution < -0.4 is 0 Å². The number of carbonyl (C=O) groups is 1. The van der Waals surface area contributed by atoms with E-state index in [1.165, 1.54) is 8.61 Å². The Morgan fingerprint density at radius 2 is 0.969 bits per heavy atom. The van der Waals surface area contributed by atoms with Gasteiger partial charge in [0.15, 0.2) is 0 Å². The van der Waals surface area contributed by atoms with E-state index in [2.05, 4.69) is 0 Å². The molecule has 2 aromatic carbocycles. The largest absolute Gasteiger partial charge is 0.298 e. The molecule has 2 fully saturated rings. The SMILES string of the molecule is CCC12CN(S(=O)(=O)c3ccccc3)CC(CC)(CN(S(=O)(=O)c3ccccc3)C1)C2=O. The van der Waals surface area contributed by atoms with E-state index in [0.717, 1.165) is 0 Å². The average Bonchev–Trinajstić information content (AvgIpc) is 2.80. The second kappa shape index (κ2) is 8.06. The highest BCUT2D eigenvalue weighted by atomic mass is 32.2. The fourth-order valence-electron chi connectivity index (χ4n) is 5.00. The fraction of sp³-hybridized carbons (Fsp3) is 0.435. The summed E-state index contributed by atoms with van der Waals surface area (Å²) in [7, 11) is -7.63. The first-order valence-electron chi connectivity index (χ1n) is 10.8. The van der Waals surface area contributed by atoms with Crippen molar-refractivity contribution >= 4 is 25.8 Å². The van der Waals surface area contributed by atoms with Crippen LogP contribution >= 0.6 is 0 Å². The van der Waals surface area contributed by atoms with Crippen molar-refractivity contribution in [2.45, 2.75) is 36.5 Å². The normalized spacial score (nSPS) is 27.4. The number of ketones is 1. The Morgan fingerprint density at radius 3 is 1.25 bits per heavy atom. The van der Waals surface area contributed by atoms with Crippen LogP contribution in [0.5, 0.6) is 0 Å². The van der Waals surface area contributed by atoms with Gasteiger partial charge < -0.3 is 0 Å². The molecule has 0 amide bonds. The molecular weight excluding hydrogens is 448 g/mol. The van der Waals surface area contributed by atoms with Crippen LogP contribution in [0.1, 0.15) is 26.7 Å². The summed E-state index contributed by atoms with van der Waals surface area (Å²) in [5, 5.41) is 0. The molecule has 0 spiro atoms. The lowest BCUT2D eigenvalue weighted by molar-refractivity contribution is -0.153. The van der Waals surface area contributed by atoms with Crippen LogP contribution in [-0.4, -0.2) is 57.4 Å². The summed E-state index contributed by atoms with van der Waals surface area (Å²) in [5.74, 6) is -0.0194. The van der Waals surface area contributed by atoms with Crippen molar-refractivity contribution in [2.24, 2.45) is 10.8 Å². The van der Waals surface area contributed by atoms with Crippen molar-refractivity contribution < 1.29 is 21.6 Å². The molecule has 0 aliphatic carbocycles. The molecule has 2 saturated heterocycles. The van der Waals surface area contributed by atoms with Gasteiger partial charge >= 0.3 is 0 Å². The Morgan fingerprint density at radius 1 is 0.656 bits per heavy atom. The molecule has 0 saturated carbocycles. The Kier molecular flexibility index (Phi) is 5.82. The van der Waals surface area contributed by atoms with E-state index in [0.29, 0.717) is 12.8 Å². The van der Waals surface area contributed by atoms with Gasteiger partial charge in [-0.3, -0.25) is 4.79 Å². The Hall–Kier alpha value is -2.07. The minimum absolute atomic E-state index is 0.0194. The minimum Gasteiger partial charge on any atom is -0.298 e. The lowest BCUT2D eigenvalue weighted by Crippen LogP contribution is -2.70. The van der Waals surface area contributed by atoms with E-state index in [1.54, 1.807) is 60.7 Å². The van der Waals surface area contributed by atoms with Gasteiger partial charge in [-0.05, 0) is 37.1 Å². The van der Waals surface area contributed by atoms with E-state index in [9.17, 15) is 21.6 Å². The first-order chi connectivity index (χ1) is 15.1. The number of hydrogen-bond donors (Lipinski definition) is 0. The van der Waals surface area contributed by atoms with Crippen LogP contribution in [0.2, 0.25) is 0 Å². The van der Waals surface area contributed by atoms with Gasteiger partial charge in [0.05, 0.1) is 20.6 Å². The lowest BCUT2D eigenvalue weighted by atomic mass is 9.61. The first-order valence-corrected chi connectivity index (χ1v) is 13.6. The highest BCUT2D eigenvalue weighted by Crippen LogP contribution is 2.48. The van der Waals surface area contributed by atoms with Gasteiger partial charge in [0, 0.05) is 26.2 Å². The van der Waals surface area contributed by atoms with Gasteiger partial charge in [0.2, 0.25) is 20.0 Å². The number of Topliss-reactive ketones (excluding diaryl/α,β-unsaturated/α-hetero) is 1. The molecule has 0 atom stereocenters. The monoisotopic (exact) mass is 476 g/mol.